The van der Waals surface area contributed by atoms with Crippen LogP contribution in [0.1, 0.15) is 36.5 Å². The molecule has 1 aromatic rings. The third-order valence-corrected chi connectivity index (χ3v) is 2.71. The van der Waals surface area contributed by atoms with Crippen molar-refractivity contribution >= 4 is 11.8 Å². The van der Waals surface area contributed by atoms with Crippen LogP contribution in [0.25, 0.3) is 0 Å². The zero-order chi connectivity index (χ0) is 10.8. The highest BCUT2D eigenvalue weighted by molar-refractivity contribution is 6.05. The molecule has 0 radical (unpaired) electrons. The van der Waals surface area contributed by atoms with E-state index in [0.717, 1.165) is 12.8 Å². The Balaban J connectivity index is 2.21. The maximum absolute atomic E-state index is 11.9. The van der Waals surface area contributed by atoms with Crippen molar-refractivity contribution in [2.45, 2.75) is 32.2 Å². The van der Waals surface area contributed by atoms with Gasteiger partial charge >= 0.3 is 0 Å². The molecule has 1 fully saturated rings. The lowest BCUT2D eigenvalue weighted by molar-refractivity contribution is -0.132. The summed E-state index contributed by atoms with van der Waals surface area (Å²) in [7, 11) is 0. The summed E-state index contributed by atoms with van der Waals surface area (Å²) in [6.45, 7) is 1.90. The van der Waals surface area contributed by atoms with Gasteiger partial charge in [0.1, 0.15) is 6.26 Å². The van der Waals surface area contributed by atoms with Crippen molar-refractivity contribution in [2.75, 3.05) is 0 Å². The van der Waals surface area contributed by atoms with Crippen LogP contribution in [0.3, 0.4) is 0 Å². The van der Waals surface area contributed by atoms with Gasteiger partial charge < -0.3 is 4.42 Å². The van der Waals surface area contributed by atoms with Crippen LogP contribution in [-0.2, 0) is 4.79 Å². The van der Waals surface area contributed by atoms with Gasteiger partial charge in [0.2, 0.25) is 5.91 Å². The summed E-state index contributed by atoms with van der Waals surface area (Å²) in [5.41, 5.74) is 0.442. The van der Waals surface area contributed by atoms with Crippen molar-refractivity contribution in [2.24, 2.45) is 0 Å². The van der Waals surface area contributed by atoms with E-state index in [-0.39, 0.29) is 17.9 Å². The van der Waals surface area contributed by atoms with Gasteiger partial charge in [0.25, 0.3) is 5.91 Å². The van der Waals surface area contributed by atoms with Gasteiger partial charge in [0, 0.05) is 12.5 Å². The molecular formula is C11H13NO3. The molecule has 0 aliphatic carbocycles. The third-order valence-electron chi connectivity index (χ3n) is 2.71. The summed E-state index contributed by atoms with van der Waals surface area (Å²) < 4.78 is 4.84. The summed E-state index contributed by atoms with van der Waals surface area (Å²) in [6.07, 6.45) is 5.03. The second-order valence-corrected chi connectivity index (χ2v) is 3.82. The van der Waals surface area contributed by atoms with E-state index in [1.165, 1.54) is 17.4 Å². The van der Waals surface area contributed by atoms with Crippen LogP contribution in [0.2, 0.25) is 0 Å². The zero-order valence-electron chi connectivity index (χ0n) is 8.60. The lowest BCUT2D eigenvalue weighted by Crippen LogP contribution is -2.45. The highest BCUT2D eigenvalue weighted by atomic mass is 16.3. The Bertz CT molecular complexity index is 369. The first-order valence-corrected chi connectivity index (χ1v) is 5.08. The molecule has 0 saturated carbocycles. The topological polar surface area (TPSA) is 50.5 Å². The quantitative estimate of drug-likeness (QED) is 0.660. The number of piperidine rings is 1. The second-order valence-electron chi connectivity index (χ2n) is 3.82. The highest BCUT2D eigenvalue weighted by Crippen LogP contribution is 2.20. The maximum atomic E-state index is 11.9. The number of hydrogen-bond donors (Lipinski definition) is 0. The summed E-state index contributed by atoms with van der Waals surface area (Å²) >= 11 is 0. The third kappa shape index (κ3) is 1.79. The summed E-state index contributed by atoms with van der Waals surface area (Å²) in [5.74, 6) is -0.332. The Kier molecular flexibility index (Phi) is 2.58. The molecule has 4 heteroatoms. The van der Waals surface area contributed by atoms with E-state index in [2.05, 4.69) is 0 Å². The fraction of sp³-hybridized carbons (Fsp3) is 0.455. The van der Waals surface area contributed by atoms with Crippen LogP contribution < -0.4 is 0 Å². The van der Waals surface area contributed by atoms with Crippen LogP contribution in [0.5, 0.6) is 0 Å². The molecule has 15 heavy (non-hydrogen) atoms. The summed E-state index contributed by atoms with van der Waals surface area (Å²) in [5, 5.41) is 0. The molecule has 1 aliphatic heterocycles. The van der Waals surface area contributed by atoms with Crippen molar-refractivity contribution in [3.05, 3.63) is 24.2 Å². The van der Waals surface area contributed by atoms with Crippen molar-refractivity contribution in [1.29, 1.82) is 0 Å². The SMILES string of the molecule is CC1CCCC(=O)N1C(=O)c1ccoc1. The number of furan rings is 1. The van der Waals surface area contributed by atoms with E-state index in [4.69, 9.17) is 4.42 Å². The van der Waals surface area contributed by atoms with Gasteiger partial charge in [-0.15, -0.1) is 0 Å². The van der Waals surface area contributed by atoms with Gasteiger partial charge in [0.05, 0.1) is 11.8 Å². The number of likely N-dealkylation sites (tertiary alicyclic amines) is 1. The molecule has 4 nitrogen and oxygen atoms in total. The van der Waals surface area contributed by atoms with Crippen molar-refractivity contribution in [1.82, 2.24) is 4.90 Å². The number of hydrogen-bond acceptors (Lipinski definition) is 3. The van der Waals surface area contributed by atoms with Crippen LogP contribution in [0.4, 0.5) is 0 Å². The van der Waals surface area contributed by atoms with Gasteiger partial charge in [-0.2, -0.15) is 0 Å². The van der Waals surface area contributed by atoms with E-state index >= 15 is 0 Å². The van der Waals surface area contributed by atoms with Gasteiger partial charge in [0.15, 0.2) is 0 Å². The maximum Gasteiger partial charge on any atom is 0.263 e. The van der Waals surface area contributed by atoms with Crippen molar-refractivity contribution in [3.63, 3.8) is 0 Å². The van der Waals surface area contributed by atoms with E-state index in [1.807, 2.05) is 6.92 Å². The molecule has 2 heterocycles. The molecule has 2 amide bonds. The molecule has 1 unspecified atom stereocenters. The van der Waals surface area contributed by atoms with Crippen molar-refractivity contribution in [3.8, 4) is 0 Å². The summed E-state index contributed by atoms with van der Waals surface area (Å²) in [6, 6.07) is 1.57. The van der Waals surface area contributed by atoms with Gasteiger partial charge in [-0.1, -0.05) is 0 Å². The molecule has 80 valence electrons. The monoisotopic (exact) mass is 207 g/mol. The van der Waals surface area contributed by atoms with E-state index < -0.39 is 0 Å². The molecule has 1 atom stereocenters. The molecular weight excluding hydrogens is 194 g/mol. The number of imide groups is 1. The van der Waals surface area contributed by atoms with Gasteiger partial charge in [-0.05, 0) is 25.8 Å². The van der Waals surface area contributed by atoms with Crippen molar-refractivity contribution < 1.29 is 14.0 Å². The first-order chi connectivity index (χ1) is 7.20. The molecule has 0 bridgehead atoms. The predicted octanol–water partition coefficient (Wildman–Crippen LogP) is 1.82. The second kappa shape index (κ2) is 3.88. The Morgan fingerprint density at radius 2 is 2.40 bits per heavy atom. The molecule has 0 spiro atoms. The van der Waals surface area contributed by atoms with Crippen LogP contribution in [0.15, 0.2) is 23.0 Å². The Morgan fingerprint density at radius 3 is 3.00 bits per heavy atom. The number of nitrogens with zero attached hydrogens (tertiary/aromatic N) is 1. The van der Waals surface area contributed by atoms with E-state index in [9.17, 15) is 9.59 Å². The zero-order valence-corrected chi connectivity index (χ0v) is 8.60. The summed E-state index contributed by atoms with van der Waals surface area (Å²) in [4.78, 5) is 24.9. The molecule has 0 aromatic carbocycles. The van der Waals surface area contributed by atoms with E-state index in [1.54, 1.807) is 6.07 Å². The van der Waals surface area contributed by atoms with Crippen LogP contribution >= 0.6 is 0 Å². The van der Waals surface area contributed by atoms with Crippen LogP contribution in [0, 0.1) is 0 Å². The first-order valence-electron chi connectivity index (χ1n) is 5.08. The number of carbonyl (C=O) groups excluding carboxylic acids is 2. The van der Waals surface area contributed by atoms with E-state index in [0.29, 0.717) is 12.0 Å². The largest absolute Gasteiger partial charge is 0.472 e. The fourth-order valence-electron chi connectivity index (χ4n) is 1.88. The first kappa shape index (κ1) is 9.96. The fourth-order valence-corrected chi connectivity index (χ4v) is 1.88. The predicted molar refractivity (Wildman–Crippen MR) is 53.2 cm³/mol. The molecule has 1 aromatic heterocycles. The van der Waals surface area contributed by atoms with Crippen LogP contribution in [-0.4, -0.2) is 22.8 Å². The standard InChI is InChI=1S/C11H13NO3/c1-8-3-2-4-10(13)12(8)11(14)9-5-6-15-7-9/h5-8H,2-4H2,1H3. The average molecular weight is 207 g/mol. The smallest absolute Gasteiger partial charge is 0.263 e. The lowest BCUT2D eigenvalue weighted by Gasteiger charge is -2.31. The minimum atomic E-state index is -0.249. The molecule has 2 rings (SSSR count). The van der Waals surface area contributed by atoms with Gasteiger partial charge in [-0.3, -0.25) is 14.5 Å². The number of amides is 2. The molecule has 1 saturated heterocycles. The Hall–Kier alpha value is -1.58. The molecule has 1 aliphatic rings. The average Bonchev–Trinajstić information content (AvgIpc) is 2.69. The normalized spacial score (nSPS) is 21.8. The Morgan fingerprint density at radius 1 is 1.60 bits per heavy atom. The minimum absolute atomic E-state index is 0.00588. The van der Waals surface area contributed by atoms with Gasteiger partial charge in [-0.25, -0.2) is 0 Å². The lowest BCUT2D eigenvalue weighted by atomic mass is 10.0. The number of rotatable bonds is 1. The highest BCUT2D eigenvalue weighted by Gasteiger charge is 2.31. The molecule has 0 N–H and O–H groups in total. The minimum Gasteiger partial charge on any atom is -0.472 e. The number of carbonyl (C=O) groups is 2. The Labute approximate surface area is 87.9 Å².